The first-order valence-corrected chi connectivity index (χ1v) is 8.15. The summed E-state index contributed by atoms with van der Waals surface area (Å²) >= 11 is 3.40. The Morgan fingerprint density at radius 2 is 1.77 bits per heavy atom. The Hall–Kier alpha value is -1.95. The van der Waals surface area contributed by atoms with Gasteiger partial charge in [0.05, 0.1) is 12.4 Å². The van der Waals surface area contributed by atoms with Crippen molar-refractivity contribution in [2.45, 2.75) is 19.3 Å². The smallest absolute Gasteiger partial charge is 0.274 e. The van der Waals surface area contributed by atoms with E-state index in [0.717, 1.165) is 36.1 Å². The highest BCUT2D eigenvalue weighted by Crippen LogP contribution is 2.18. The molecule has 5 nitrogen and oxygen atoms in total. The molecule has 0 radical (unpaired) electrons. The molecule has 0 unspecified atom stereocenters. The van der Waals surface area contributed by atoms with Crippen LogP contribution in [0.4, 0.5) is 11.5 Å². The van der Waals surface area contributed by atoms with Crippen molar-refractivity contribution in [3.05, 3.63) is 46.8 Å². The van der Waals surface area contributed by atoms with E-state index in [4.69, 9.17) is 0 Å². The summed E-state index contributed by atoms with van der Waals surface area (Å²) in [7, 11) is 0. The number of halogens is 1. The molecule has 0 saturated carbocycles. The van der Waals surface area contributed by atoms with Crippen LogP contribution in [0.25, 0.3) is 0 Å². The Bertz CT molecular complexity index is 636. The monoisotopic (exact) mass is 360 g/mol. The number of benzene rings is 1. The minimum Gasteiger partial charge on any atom is -0.339 e. The Morgan fingerprint density at radius 3 is 2.41 bits per heavy atom. The predicted octanol–water partition coefficient (Wildman–Crippen LogP) is 3.61. The van der Waals surface area contributed by atoms with Gasteiger partial charge in [-0.3, -0.25) is 4.79 Å². The molecule has 2 aromatic rings. The van der Waals surface area contributed by atoms with Gasteiger partial charge in [0.2, 0.25) is 0 Å². The fourth-order valence-electron chi connectivity index (χ4n) is 2.44. The molecule has 2 heterocycles. The maximum atomic E-state index is 12.3. The maximum absolute atomic E-state index is 12.3. The third kappa shape index (κ3) is 3.62. The van der Waals surface area contributed by atoms with E-state index in [-0.39, 0.29) is 5.91 Å². The number of nitrogens with zero attached hydrogens (tertiary/aromatic N) is 3. The molecule has 1 saturated heterocycles. The van der Waals surface area contributed by atoms with Gasteiger partial charge in [-0.15, -0.1) is 0 Å². The standard InChI is InChI=1S/C16H17BrN4O/c17-12-4-6-13(7-5-12)20-15-11-18-14(10-19-15)16(22)21-8-2-1-3-9-21/h4-7,10-11H,1-3,8-9H2,(H,19,20). The van der Waals surface area contributed by atoms with Crippen molar-refractivity contribution in [2.24, 2.45) is 0 Å². The number of amides is 1. The molecule has 114 valence electrons. The van der Waals surface area contributed by atoms with Crippen LogP contribution in [0.5, 0.6) is 0 Å². The van der Waals surface area contributed by atoms with Gasteiger partial charge in [0.25, 0.3) is 5.91 Å². The van der Waals surface area contributed by atoms with Crippen LogP contribution in [0.15, 0.2) is 41.1 Å². The summed E-state index contributed by atoms with van der Waals surface area (Å²) in [5, 5.41) is 3.16. The summed E-state index contributed by atoms with van der Waals surface area (Å²) in [6, 6.07) is 7.78. The minimum absolute atomic E-state index is 0.0256. The van der Waals surface area contributed by atoms with Gasteiger partial charge >= 0.3 is 0 Å². The number of aromatic nitrogens is 2. The summed E-state index contributed by atoms with van der Waals surface area (Å²) in [5.74, 6) is 0.597. The summed E-state index contributed by atoms with van der Waals surface area (Å²) in [6.45, 7) is 1.64. The molecule has 0 aliphatic carbocycles. The van der Waals surface area contributed by atoms with Crippen molar-refractivity contribution < 1.29 is 4.79 Å². The van der Waals surface area contributed by atoms with E-state index in [0.29, 0.717) is 11.5 Å². The van der Waals surface area contributed by atoms with Crippen LogP contribution in [-0.2, 0) is 0 Å². The lowest BCUT2D eigenvalue weighted by molar-refractivity contribution is 0.0718. The number of piperidine rings is 1. The van der Waals surface area contributed by atoms with E-state index in [2.05, 4.69) is 31.2 Å². The maximum Gasteiger partial charge on any atom is 0.274 e. The molecule has 22 heavy (non-hydrogen) atoms. The summed E-state index contributed by atoms with van der Waals surface area (Å²) < 4.78 is 1.02. The minimum atomic E-state index is -0.0256. The van der Waals surface area contributed by atoms with Gasteiger partial charge in [-0.25, -0.2) is 9.97 Å². The van der Waals surface area contributed by atoms with Crippen molar-refractivity contribution in [1.29, 1.82) is 0 Å². The van der Waals surface area contributed by atoms with Gasteiger partial charge in [-0.05, 0) is 43.5 Å². The second-order valence-corrected chi connectivity index (χ2v) is 6.19. The van der Waals surface area contributed by atoms with E-state index in [9.17, 15) is 4.79 Å². The van der Waals surface area contributed by atoms with Crippen molar-refractivity contribution >= 4 is 33.3 Å². The van der Waals surface area contributed by atoms with Gasteiger partial charge < -0.3 is 10.2 Å². The SMILES string of the molecule is O=C(c1cnc(Nc2ccc(Br)cc2)cn1)N1CCCCC1. The van der Waals surface area contributed by atoms with Crippen molar-refractivity contribution in [1.82, 2.24) is 14.9 Å². The molecule has 6 heteroatoms. The molecule has 1 aromatic carbocycles. The number of rotatable bonds is 3. The van der Waals surface area contributed by atoms with Gasteiger partial charge in [0.1, 0.15) is 11.5 Å². The molecule has 1 amide bonds. The average Bonchev–Trinajstić information content (AvgIpc) is 2.58. The van der Waals surface area contributed by atoms with Crippen LogP contribution in [0.1, 0.15) is 29.8 Å². The fourth-order valence-corrected chi connectivity index (χ4v) is 2.71. The van der Waals surface area contributed by atoms with Crippen LogP contribution < -0.4 is 5.32 Å². The number of hydrogen-bond acceptors (Lipinski definition) is 4. The molecular weight excluding hydrogens is 344 g/mol. The number of hydrogen-bond donors (Lipinski definition) is 1. The Kier molecular flexibility index (Phi) is 4.68. The van der Waals surface area contributed by atoms with E-state index in [1.165, 1.54) is 12.6 Å². The van der Waals surface area contributed by atoms with Gasteiger partial charge in [-0.1, -0.05) is 15.9 Å². The van der Waals surface area contributed by atoms with Crippen molar-refractivity contribution in [3.8, 4) is 0 Å². The number of anilines is 2. The van der Waals surface area contributed by atoms with E-state index < -0.39 is 0 Å². The molecule has 0 bridgehead atoms. The van der Waals surface area contributed by atoms with Crippen LogP contribution in [0.2, 0.25) is 0 Å². The van der Waals surface area contributed by atoms with Gasteiger partial charge in [0.15, 0.2) is 0 Å². The molecule has 0 spiro atoms. The summed E-state index contributed by atoms with van der Waals surface area (Å²) in [5.41, 5.74) is 1.33. The number of likely N-dealkylation sites (tertiary alicyclic amines) is 1. The molecule has 1 aliphatic rings. The molecular formula is C16H17BrN4O. The predicted molar refractivity (Wildman–Crippen MR) is 89.2 cm³/mol. The zero-order chi connectivity index (χ0) is 15.4. The third-order valence-corrected chi connectivity index (χ3v) is 4.16. The summed E-state index contributed by atoms with van der Waals surface area (Å²) in [4.78, 5) is 22.7. The highest BCUT2D eigenvalue weighted by molar-refractivity contribution is 9.10. The average molecular weight is 361 g/mol. The van der Waals surface area contributed by atoms with E-state index in [1.807, 2.05) is 29.2 Å². The second-order valence-electron chi connectivity index (χ2n) is 5.27. The first-order valence-electron chi connectivity index (χ1n) is 7.36. The quantitative estimate of drug-likeness (QED) is 0.908. The van der Waals surface area contributed by atoms with Crippen LogP contribution in [0, 0.1) is 0 Å². The molecule has 0 atom stereocenters. The van der Waals surface area contributed by atoms with Gasteiger partial charge in [0, 0.05) is 23.2 Å². The molecule has 3 rings (SSSR count). The first-order chi connectivity index (χ1) is 10.7. The normalized spacial score (nSPS) is 14.7. The fraction of sp³-hybridized carbons (Fsp3) is 0.312. The van der Waals surface area contributed by atoms with Crippen LogP contribution in [-0.4, -0.2) is 33.9 Å². The Labute approximate surface area is 137 Å². The zero-order valence-electron chi connectivity index (χ0n) is 12.1. The number of carbonyl (C=O) groups excluding carboxylic acids is 1. The highest BCUT2D eigenvalue weighted by Gasteiger charge is 2.19. The number of carbonyl (C=O) groups is 1. The molecule has 1 aromatic heterocycles. The van der Waals surface area contributed by atoms with Crippen molar-refractivity contribution in [3.63, 3.8) is 0 Å². The highest BCUT2D eigenvalue weighted by atomic mass is 79.9. The largest absolute Gasteiger partial charge is 0.339 e. The lowest BCUT2D eigenvalue weighted by atomic mass is 10.1. The molecule has 1 fully saturated rings. The second kappa shape index (κ2) is 6.87. The van der Waals surface area contributed by atoms with E-state index in [1.54, 1.807) is 6.20 Å². The third-order valence-electron chi connectivity index (χ3n) is 3.63. The topological polar surface area (TPSA) is 58.1 Å². The molecule has 1 N–H and O–H groups in total. The van der Waals surface area contributed by atoms with Crippen molar-refractivity contribution in [2.75, 3.05) is 18.4 Å². The zero-order valence-corrected chi connectivity index (χ0v) is 13.7. The lowest BCUT2D eigenvalue weighted by Crippen LogP contribution is -2.36. The van der Waals surface area contributed by atoms with Gasteiger partial charge in [-0.2, -0.15) is 0 Å². The lowest BCUT2D eigenvalue weighted by Gasteiger charge is -2.26. The Morgan fingerprint density at radius 1 is 1.05 bits per heavy atom. The van der Waals surface area contributed by atoms with Crippen LogP contribution >= 0.6 is 15.9 Å². The van der Waals surface area contributed by atoms with Crippen LogP contribution in [0.3, 0.4) is 0 Å². The Balaban J connectivity index is 1.66. The summed E-state index contributed by atoms with van der Waals surface area (Å²) in [6.07, 6.45) is 6.48. The molecule has 1 aliphatic heterocycles. The number of nitrogens with one attached hydrogen (secondary N) is 1. The first kappa shape index (κ1) is 15.0. The van der Waals surface area contributed by atoms with E-state index >= 15 is 0 Å².